The van der Waals surface area contributed by atoms with Gasteiger partial charge in [-0.3, -0.25) is 9.59 Å². The SMILES string of the molecule is NC(=O)[C@@H]1CCCN1C(=O)CNc1nc(-c2c(Cl)cccc2Cl)cs1. The number of nitrogens with two attached hydrogens (primary N) is 1. The Balaban J connectivity index is 1.66. The summed E-state index contributed by atoms with van der Waals surface area (Å²) < 4.78 is 0. The summed E-state index contributed by atoms with van der Waals surface area (Å²) in [6, 6.07) is 4.75. The topological polar surface area (TPSA) is 88.3 Å². The number of amides is 2. The minimum atomic E-state index is -0.511. The number of benzene rings is 1. The lowest BCUT2D eigenvalue weighted by Crippen LogP contribution is -2.45. The maximum Gasteiger partial charge on any atom is 0.242 e. The van der Waals surface area contributed by atoms with Gasteiger partial charge in [-0.05, 0) is 25.0 Å². The summed E-state index contributed by atoms with van der Waals surface area (Å²) in [6.45, 7) is 0.597. The van der Waals surface area contributed by atoms with Crippen LogP contribution in [-0.4, -0.2) is 40.8 Å². The fourth-order valence-electron chi connectivity index (χ4n) is 2.83. The molecule has 9 heteroatoms. The molecule has 0 aliphatic carbocycles. The Kier molecular flexibility index (Phi) is 5.46. The van der Waals surface area contributed by atoms with Gasteiger partial charge < -0.3 is 16.0 Å². The van der Waals surface area contributed by atoms with E-state index in [4.69, 9.17) is 28.9 Å². The number of likely N-dealkylation sites (tertiary alicyclic amines) is 1. The molecule has 3 rings (SSSR count). The van der Waals surface area contributed by atoms with E-state index in [1.54, 1.807) is 18.2 Å². The Bertz CT molecular complexity index is 791. The Labute approximate surface area is 158 Å². The highest BCUT2D eigenvalue weighted by atomic mass is 35.5. The molecule has 0 saturated carbocycles. The molecule has 25 heavy (non-hydrogen) atoms. The number of aromatic nitrogens is 1. The number of rotatable bonds is 5. The van der Waals surface area contributed by atoms with E-state index in [1.807, 2.05) is 5.38 Å². The monoisotopic (exact) mass is 398 g/mol. The smallest absolute Gasteiger partial charge is 0.242 e. The number of nitrogens with one attached hydrogen (secondary N) is 1. The quantitative estimate of drug-likeness (QED) is 0.809. The molecule has 0 bridgehead atoms. The van der Waals surface area contributed by atoms with Crippen LogP contribution in [-0.2, 0) is 9.59 Å². The molecule has 6 nitrogen and oxygen atoms in total. The first-order valence-electron chi connectivity index (χ1n) is 7.70. The standard InChI is InChI=1S/C16H16Cl2N4O2S/c17-9-3-1-4-10(18)14(9)11-8-25-16(21-11)20-7-13(23)22-6-2-5-12(22)15(19)24/h1,3-4,8,12H,2,5-7H2,(H2,19,24)(H,20,21)/t12-/m0/s1. The van der Waals surface area contributed by atoms with Crippen LogP contribution in [0.3, 0.4) is 0 Å². The van der Waals surface area contributed by atoms with Crippen molar-refractivity contribution < 1.29 is 9.59 Å². The highest BCUT2D eigenvalue weighted by Crippen LogP contribution is 2.35. The fraction of sp³-hybridized carbons (Fsp3) is 0.312. The van der Waals surface area contributed by atoms with Crippen LogP contribution in [0, 0.1) is 0 Å². The molecule has 0 spiro atoms. The van der Waals surface area contributed by atoms with Crippen LogP contribution in [0.4, 0.5) is 5.13 Å². The summed E-state index contributed by atoms with van der Waals surface area (Å²) >= 11 is 13.7. The third kappa shape index (κ3) is 3.89. The molecule has 1 aromatic carbocycles. The zero-order valence-corrected chi connectivity index (χ0v) is 15.5. The van der Waals surface area contributed by atoms with E-state index in [1.165, 1.54) is 16.2 Å². The zero-order chi connectivity index (χ0) is 18.0. The van der Waals surface area contributed by atoms with Gasteiger partial charge in [0.25, 0.3) is 0 Å². The largest absolute Gasteiger partial charge is 0.368 e. The summed E-state index contributed by atoms with van der Waals surface area (Å²) in [4.78, 5) is 29.6. The van der Waals surface area contributed by atoms with E-state index in [0.29, 0.717) is 39.4 Å². The van der Waals surface area contributed by atoms with Gasteiger partial charge in [-0.1, -0.05) is 29.3 Å². The number of carbonyl (C=O) groups is 2. The molecule has 1 fully saturated rings. The van der Waals surface area contributed by atoms with Crippen molar-refractivity contribution in [2.45, 2.75) is 18.9 Å². The average molecular weight is 399 g/mol. The Hall–Kier alpha value is -1.83. The molecule has 1 aromatic heterocycles. The maximum absolute atomic E-state index is 12.3. The van der Waals surface area contributed by atoms with Crippen LogP contribution >= 0.6 is 34.5 Å². The van der Waals surface area contributed by atoms with Crippen LogP contribution in [0.25, 0.3) is 11.3 Å². The van der Waals surface area contributed by atoms with E-state index in [0.717, 1.165) is 6.42 Å². The van der Waals surface area contributed by atoms with Crippen molar-refractivity contribution in [3.63, 3.8) is 0 Å². The van der Waals surface area contributed by atoms with Gasteiger partial charge in [0.05, 0.1) is 22.3 Å². The molecule has 1 aliphatic heterocycles. The Morgan fingerprint density at radius 1 is 1.36 bits per heavy atom. The van der Waals surface area contributed by atoms with Crippen molar-refractivity contribution in [1.29, 1.82) is 0 Å². The summed E-state index contributed by atoms with van der Waals surface area (Å²) in [6.07, 6.45) is 1.40. The maximum atomic E-state index is 12.3. The van der Waals surface area contributed by atoms with Gasteiger partial charge in [0.1, 0.15) is 6.04 Å². The minimum absolute atomic E-state index is 0.0486. The Morgan fingerprint density at radius 3 is 2.76 bits per heavy atom. The first kappa shape index (κ1) is 18.0. The molecule has 0 unspecified atom stereocenters. The van der Waals surface area contributed by atoms with Crippen molar-refractivity contribution in [3.8, 4) is 11.3 Å². The van der Waals surface area contributed by atoms with Gasteiger partial charge in [-0.2, -0.15) is 0 Å². The zero-order valence-electron chi connectivity index (χ0n) is 13.2. The van der Waals surface area contributed by atoms with Crippen molar-refractivity contribution in [2.24, 2.45) is 5.73 Å². The lowest BCUT2D eigenvalue weighted by atomic mass is 10.2. The van der Waals surface area contributed by atoms with Crippen LogP contribution in [0.5, 0.6) is 0 Å². The molecule has 1 aliphatic rings. The number of hydrogen-bond acceptors (Lipinski definition) is 5. The van der Waals surface area contributed by atoms with Gasteiger partial charge in [-0.25, -0.2) is 4.98 Å². The summed E-state index contributed by atoms with van der Waals surface area (Å²) in [5, 5.41) is 6.42. The number of carbonyl (C=O) groups excluding carboxylic acids is 2. The Morgan fingerprint density at radius 2 is 2.08 bits per heavy atom. The van der Waals surface area contributed by atoms with Crippen LogP contribution in [0.15, 0.2) is 23.6 Å². The van der Waals surface area contributed by atoms with E-state index >= 15 is 0 Å². The molecule has 2 aromatic rings. The van der Waals surface area contributed by atoms with Crippen LogP contribution in [0.1, 0.15) is 12.8 Å². The molecule has 1 atom stereocenters. The van der Waals surface area contributed by atoms with E-state index in [9.17, 15) is 9.59 Å². The number of nitrogens with zero attached hydrogens (tertiary/aromatic N) is 2. The second-order valence-electron chi connectivity index (χ2n) is 5.64. The molecular formula is C16H16Cl2N4O2S. The molecular weight excluding hydrogens is 383 g/mol. The molecule has 132 valence electrons. The van der Waals surface area contributed by atoms with Gasteiger partial charge in [-0.15, -0.1) is 11.3 Å². The summed E-state index contributed by atoms with van der Waals surface area (Å²) in [5.74, 6) is -0.635. The van der Waals surface area contributed by atoms with Crippen molar-refractivity contribution in [2.75, 3.05) is 18.4 Å². The molecule has 2 amide bonds. The molecule has 2 heterocycles. The number of anilines is 1. The van der Waals surface area contributed by atoms with Gasteiger partial charge in [0.2, 0.25) is 11.8 Å². The predicted octanol–water partition coefficient (Wildman–Crippen LogP) is 3.01. The third-order valence-electron chi connectivity index (χ3n) is 4.02. The lowest BCUT2D eigenvalue weighted by molar-refractivity contribution is -0.135. The van der Waals surface area contributed by atoms with Crippen LogP contribution < -0.4 is 11.1 Å². The molecule has 1 saturated heterocycles. The molecule has 0 radical (unpaired) electrons. The van der Waals surface area contributed by atoms with E-state index in [-0.39, 0.29) is 12.5 Å². The van der Waals surface area contributed by atoms with Crippen molar-refractivity contribution >= 4 is 51.5 Å². The highest BCUT2D eigenvalue weighted by Gasteiger charge is 2.32. The number of halogens is 2. The molecule has 3 N–H and O–H groups in total. The van der Waals surface area contributed by atoms with Crippen LogP contribution in [0.2, 0.25) is 10.0 Å². The highest BCUT2D eigenvalue weighted by molar-refractivity contribution is 7.14. The number of primary amides is 1. The van der Waals surface area contributed by atoms with E-state index < -0.39 is 11.9 Å². The van der Waals surface area contributed by atoms with Gasteiger partial charge in [0, 0.05) is 17.5 Å². The summed E-state index contributed by atoms with van der Waals surface area (Å²) in [5.41, 5.74) is 6.65. The second kappa shape index (κ2) is 7.59. The number of thiazole rings is 1. The lowest BCUT2D eigenvalue weighted by Gasteiger charge is -2.22. The third-order valence-corrected chi connectivity index (χ3v) is 5.45. The second-order valence-corrected chi connectivity index (χ2v) is 7.31. The minimum Gasteiger partial charge on any atom is -0.368 e. The first-order chi connectivity index (χ1) is 12.0. The number of hydrogen-bond donors (Lipinski definition) is 2. The summed E-state index contributed by atoms with van der Waals surface area (Å²) in [7, 11) is 0. The van der Waals surface area contributed by atoms with Crippen molar-refractivity contribution in [3.05, 3.63) is 33.6 Å². The van der Waals surface area contributed by atoms with Gasteiger partial charge >= 0.3 is 0 Å². The van der Waals surface area contributed by atoms with E-state index in [2.05, 4.69) is 10.3 Å². The van der Waals surface area contributed by atoms with Crippen molar-refractivity contribution in [1.82, 2.24) is 9.88 Å². The first-order valence-corrected chi connectivity index (χ1v) is 9.33. The normalized spacial score (nSPS) is 16.9. The fourth-order valence-corrected chi connectivity index (χ4v) is 4.12. The van der Waals surface area contributed by atoms with Gasteiger partial charge in [0.15, 0.2) is 5.13 Å². The average Bonchev–Trinajstić information content (AvgIpc) is 3.22. The predicted molar refractivity (Wildman–Crippen MR) is 100.0 cm³/mol.